The molecule has 122 valence electrons. The van der Waals surface area contributed by atoms with Gasteiger partial charge >= 0.3 is 0 Å². The molecule has 0 radical (unpaired) electrons. The lowest BCUT2D eigenvalue weighted by Gasteiger charge is -2.37. The monoisotopic (exact) mass is 350 g/mol. The lowest BCUT2D eigenvalue weighted by atomic mass is 9.76. The fourth-order valence-corrected chi connectivity index (χ4v) is 3.43. The van der Waals surface area contributed by atoms with Gasteiger partial charge in [-0.2, -0.15) is 0 Å². The van der Waals surface area contributed by atoms with Crippen molar-refractivity contribution in [2.75, 3.05) is 19.7 Å². The summed E-state index contributed by atoms with van der Waals surface area (Å²) in [7, 11) is 0. The van der Waals surface area contributed by atoms with E-state index in [0.29, 0.717) is 16.7 Å². The molecule has 2 heterocycles. The number of nitrogens with zero attached hydrogens (tertiary/aromatic N) is 1. The van der Waals surface area contributed by atoms with Crippen LogP contribution in [0.5, 0.6) is 5.75 Å². The molecule has 1 atom stereocenters. The minimum absolute atomic E-state index is 0.0608. The van der Waals surface area contributed by atoms with Gasteiger partial charge in [-0.15, -0.1) is 0 Å². The largest absolute Gasteiger partial charge is 0.491 e. The van der Waals surface area contributed by atoms with Gasteiger partial charge in [0.2, 0.25) is 0 Å². The summed E-state index contributed by atoms with van der Waals surface area (Å²) in [6.45, 7) is 2.66. The van der Waals surface area contributed by atoms with E-state index >= 15 is 0 Å². The Morgan fingerprint density at radius 3 is 2.83 bits per heavy atom. The van der Waals surface area contributed by atoms with Crippen LogP contribution in [0.1, 0.15) is 18.4 Å². The number of ether oxygens (including phenoxy) is 1. The predicted molar refractivity (Wildman–Crippen MR) is 94.4 cm³/mol. The second kappa shape index (κ2) is 7.52. The summed E-state index contributed by atoms with van der Waals surface area (Å²) in [5.74, 6) is 0.812. The summed E-state index contributed by atoms with van der Waals surface area (Å²) < 4.78 is 6.01. The van der Waals surface area contributed by atoms with Crippen LogP contribution in [0, 0.1) is 5.41 Å². The van der Waals surface area contributed by atoms with E-state index < -0.39 is 0 Å². The highest BCUT2D eigenvalue weighted by Crippen LogP contribution is 2.33. The highest BCUT2D eigenvalue weighted by molar-refractivity contribution is 6.42. The fraction of sp³-hybridized carbons (Fsp3) is 0.389. The zero-order valence-electron chi connectivity index (χ0n) is 12.9. The van der Waals surface area contributed by atoms with Crippen LogP contribution in [0.15, 0.2) is 42.7 Å². The zero-order valence-corrected chi connectivity index (χ0v) is 14.4. The zero-order chi connectivity index (χ0) is 16.1. The van der Waals surface area contributed by atoms with Gasteiger partial charge in [-0.3, -0.25) is 4.98 Å². The van der Waals surface area contributed by atoms with Crippen molar-refractivity contribution in [3.63, 3.8) is 0 Å². The lowest BCUT2D eigenvalue weighted by molar-refractivity contribution is 0.110. The van der Waals surface area contributed by atoms with Crippen LogP contribution in [0.2, 0.25) is 10.0 Å². The second-order valence-corrected chi connectivity index (χ2v) is 7.00. The molecule has 0 bridgehead atoms. The summed E-state index contributed by atoms with van der Waals surface area (Å²) >= 11 is 12.2. The first-order valence-corrected chi connectivity index (χ1v) is 8.60. The molecule has 0 saturated carbocycles. The minimum atomic E-state index is 0.0608. The summed E-state index contributed by atoms with van der Waals surface area (Å²) in [6.07, 6.45) is 6.69. The molecule has 1 aromatic carbocycles. The van der Waals surface area contributed by atoms with Crippen LogP contribution in [-0.4, -0.2) is 24.7 Å². The van der Waals surface area contributed by atoms with E-state index in [1.807, 2.05) is 24.3 Å². The number of aromatic nitrogens is 1. The molecule has 1 fully saturated rings. The number of rotatable bonds is 5. The summed E-state index contributed by atoms with van der Waals surface area (Å²) in [5.41, 5.74) is 1.25. The van der Waals surface area contributed by atoms with Gasteiger partial charge in [-0.1, -0.05) is 29.3 Å². The van der Waals surface area contributed by atoms with Gasteiger partial charge in [0.05, 0.1) is 22.8 Å². The van der Waals surface area contributed by atoms with Crippen molar-refractivity contribution in [3.8, 4) is 5.75 Å². The maximum Gasteiger partial charge on any atom is 0.137 e. The van der Waals surface area contributed by atoms with Crippen molar-refractivity contribution in [3.05, 3.63) is 58.3 Å². The molecule has 0 unspecified atom stereocenters. The summed E-state index contributed by atoms with van der Waals surface area (Å²) in [6, 6.07) is 9.71. The molecule has 5 heteroatoms. The van der Waals surface area contributed by atoms with Gasteiger partial charge in [0, 0.05) is 18.2 Å². The number of pyridine rings is 1. The number of nitrogens with one attached hydrogen (secondary N) is 1. The molecule has 0 amide bonds. The number of hydrogen-bond acceptors (Lipinski definition) is 3. The maximum atomic E-state index is 6.16. The van der Waals surface area contributed by atoms with Gasteiger partial charge in [0.1, 0.15) is 5.75 Å². The van der Waals surface area contributed by atoms with Crippen LogP contribution in [0.4, 0.5) is 0 Å². The van der Waals surface area contributed by atoms with Crippen molar-refractivity contribution in [2.45, 2.75) is 19.3 Å². The van der Waals surface area contributed by atoms with E-state index in [0.717, 1.165) is 38.1 Å². The Balaban J connectivity index is 1.74. The van der Waals surface area contributed by atoms with Crippen molar-refractivity contribution >= 4 is 23.2 Å². The molecule has 1 aliphatic rings. The van der Waals surface area contributed by atoms with Crippen LogP contribution >= 0.6 is 23.2 Å². The lowest BCUT2D eigenvalue weighted by Crippen LogP contribution is -2.45. The molecule has 2 aromatic rings. The number of piperidine rings is 1. The van der Waals surface area contributed by atoms with Crippen molar-refractivity contribution in [1.82, 2.24) is 10.3 Å². The van der Waals surface area contributed by atoms with Crippen molar-refractivity contribution in [2.24, 2.45) is 5.41 Å². The SMILES string of the molecule is Clc1ccc(C[C@@]2(COc3cccnc3)CCCNC2)cc1Cl. The molecule has 1 saturated heterocycles. The first kappa shape index (κ1) is 16.6. The Morgan fingerprint density at radius 2 is 2.13 bits per heavy atom. The highest BCUT2D eigenvalue weighted by Gasteiger charge is 2.33. The van der Waals surface area contributed by atoms with Gasteiger partial charge in [-0.25, -0.2) is 0 Å². The average Bonchev–Trinajstić information content (AvgIpc) is 2.58. The van der Waals surface area contributed by atoms with Gasteiger partial charge in [-0.05, 0) is 55.6 Å². The molecule has 3 rings (SSSR count). The molecule has 1 aliphatic heterocycles. The smallest absolute Gasteiger partial charge is 0.137 e. The molecule has 0 aliphatic carbocycles. The average molecular weight is 351 g/mol. The first-order chi connectivity index (χ1) is 11.2. The van der Waals surface area contributed by atoms with Crippen LogP contribution < -0.4 is 10.1 Å². The topological polar surface area (TPSA) is 34.1 Å². The van der Waals surface area contributed by atoms with E-state index in [1.54, 1.807) is 12.4 Å². The Bertz CT molecular complexity index is 643. The third kappa shape index (κ3) is 4.37. The van der Waals surface area contributed by atoms with Crippen LogP contribution in [0.25, 0.3) is 0 Å². The molecule has 1 aromatic heterocycles. The summed E-state index contributed by atoms with van der Waals surface area (Å²) in [5, 5.41) is 4.71. The van der Waals surface area contributed by atoms with E-state index in [9.17, 15) is 0 Å². The molecule has 0 spiro atoms. The summed E-state index contributed by atoms with van der Waals surface area (Å²) in [4.78, 5) is 4.10. The second-order valence-electron chi connectivity index (χ2n) is 6.18. The van der Waals surface area contributed by atoms with E-state index in [1.165, 1.54) is 5.56 Å². The number of hydrogen-bond donors (Lipinski definition) is 1. The maximum absolute atomic E-state index is 6.16. The minimum Gasteiger partial charge on any atom is -0.491 e. The normalized spacial score (nSPS) is 21.1. The highest BCUT2D eigenvalue weighted by atomic mass is 35.5. The van der Waals surface area contributed by atoms with E-state index in [2.05, 4.69) is 16.4 Å². The van der Waals surface area contributed by atoms with E-state index in [-0.39, 0.29) is 5.41 Å². The van der Waals surface area contributed by atoms with Crippen LogP contribution in [-0.2, 0) is 6.42 Å². The molecular formula is C18H20Cl2N2O. The van der Waals surface area contributed by atoms with Gasteiger partial charge < -0.3 is 10.1 Å². The fourth-order valence-electron chi connectivity index (χ4n) is 3.11. The molecule has 23 heavy (non-hydrogen) atoms. The van der Waals surface area contributed by atoms with Crippen molar-refractivity contribution in [1.29, 1.82) is 0 Å². The molecule has 1 N–H and O–H groups in total. The predicted octanol–water partition coefficient (Wildman–Crippen LogP) is 4.38. The standard InChI is InChI=1S/C18H20Cl2N2O/c19-16-5-4-14(9-17(16)20)10-18(6-2-8-22-12-18)13-23-15-3-1-7-21-11-15/h1,3-5,7,9,11,22H,2,6,8,10,12-13H2/t18-/m0/s1. The number of halogens is 2. The Labute approximate surface area is 147 Å². The Morgan fingerprint density at radius 1 is 1.22 bits per heavy atom. The number of benzene rings is 1. The van der Waals surface area contributed by atoms with Gasteiger partial charge in [0.15, 0.2) is 0 Å². The van der Waals surface area contributed by atoms with Crippen molar-refractivity contribution < 1.29 is 4.74 Å². The third-order valence-electron chi connectivity index (χ3n) is 4.30. The molecule has 3 nitrogen and oxygen atoms in total. The van der Waals surface area contributed by atoms with Gasteiger partial charge in [0.25, 0.3) is 0 Å². The molecular weight excluding hydrogens is 331 g/mol. The third-order valence-corrected chi connectivity index (χ3v) is 5.04. The van der Waals surface area contributed by atoms with Crippen LogP contribution in [0.3, 0.4) is 0 Å². The Hall–Kier alpha value is -1.29. The van der Waals surface area contributed by atoms with E-state index in [4.69, 9.17) is 27.9 Å². The Kier molecular flexibility index (Phi) is 5.42. The quantitative estimate of drug-likeness (QED) is 0.868. The first-order valence-electron chi connectivity index (χ1n) is 7.84.